The van der Waals surface area contributed by atoms with Crippen molar-refractivity contribution in [3.05, 3.63) is 56.1 Å². The topological polar surface area (TPSA) is 68.5 Å². The molecule has 1 N–H and O–H groups in total. The average molecular weight is 322 g/mol. The molecule has 1 aromatic carbocycles. The number of carbonyl (C=O) groups excluding carboxylic acids is 1. The molecular weight excluding hydrogens is 306 g/mol. The molecule has 0 saturated carbocycles. The molecule has 0 radical (unpaired) electrons. The number of methoxy groups -OCH3 is 1. The monoisotopic (exact) mass is 321 g/mol. The van der Waals surface area contributed by atoms with Crippen LogP contribution in [0, 0.1) is 20.8 Å². The van der Waals surface area contributed by atoms with Crippen LogP contribution < -0.4 is 15.7 Å². The number of benzene rings is 1. The minimum Gasteiger partial charge on any atom is -0.495 e. The zero-order valence-corrected chi connectivity index (χ0v) is 13.5. The third-order valence-electron chi connectivity index (χ3n) is 3.29. The van der Waals surface area contributed by atoms with Crippen molar-refractivity contribution in [3.63, 3.8) is 0 Å². The lowest BCUT2D eigenvalue weighted by Gasteiger charge is -2.13. The second-order valence-corrected chi connectivity index (χ2v) is 5.34. The second kappa shape index (κ2) is 6.23. The lowest BCUT2D eigenvalue weighted by molar-refractivity contribution is 0.102. The maximum absolute atomic E-state index is 12.5. The van der Waals surface area contributed by atoms with Crippen molar-refractivity contribution >= 4 is 23.2 Å². The smallest absolute Gasteiger partial charge is 0.336 e. The SMILES string of the molecule is COc1cc(Cl)c(C)cc1NC(=O)c1c(C)cc(=O)oc1C. The van der Waals surface area contributed by atoms with Crippen molar-refractivity contribution in [2.45, 2.75) is 20.8 Å². The molecule has 22 heavy (non-hydrogen) atoms. The summed E-state index contributed by atoms with van der Waals surface area (Å²) in [6, 6.07) is 4.65. The Morgan fingerprint density at radius 1 is 1.18 bits per heavy atom. The Labute approximate surface area is 132 Å². The zero-order valence-electron chi connectivity index (χ0n) is 12.7. The van der Waals surface area contributed by atoms with E-state index in [4.69, 9.17) is 20.8 Å². The van der Waals surface area contributed by atoms with E-state index in [1.54, 1.807) is 26.0 Å². The lowest BCUT2D eigenvalue weighted by atomic mass is 10.1. The predicted molar refractivity (Wildman–Crippen MR) is 85.1 cm³/mol. The number of carbonyl (C=O) groups is 1. The van der Waals surface area contributed by atoms with E-state index in [2.05, 4.69) is 5.32 Å². The molecule has 5 nitrogen and oxygen atoms in total. The molecule has 0 atom stereocenters. The van der Waals surface area contributed by atoms with Gasteiger partial charge in [0.25, 0.3) is 5.91 Å². The summed E-state index contributed by atoms with van der Waals surface area (Å²) in [5.41, 5.74) is 1.71. The van der Waals surface area contributed by atoms with Crippen molar-refractivity contribution in [1.82, 2.24) is 0 Å². The molecule has 116 valence electrons. The van der Waals surface area contributed by atoms with Gasteiger partial charge in [0, 0.05) is 17.2 Å². The molecule has 0 bridgehead atoms. The predicted octanol–water partition coefficient (Wildman–Crippen LogP) is 3.48. The van der Waals surface area contributed by atoms with E-state index < -0.39 is 5.63 Å². The third-order valence-corrected chi connectivity index (χ3v) is 3.70. The molecule has 6 heteroatoms. The van der Waals surface area contributed by atoms with Crippen LogP contribution in [0.3, 0.4) is 0 Å². The van der Waals surface area contributed by atoms with Gasteiger partial charge in [-0.15, -0.1) is 0 Å². The largest absolute Gasteiger partial charge is 0.495 e. The van der Waals surface area contributed by atoms with Gasteiger partial charge in [0.15, 0.2) is 0 Å². The number of ether oxygens (including phenoxy) is 1. The maximum atomic E-state index is 12.5. The summed E-state index contributed by atoms with van der Waals surface area (Å²) in [4.78, 5) is 23.8. The molecule has 0 aliphatic heterocycles. The van der Waals surface area contributed by atoms with Gasteiger partial charge in [-0.05, 0) is 38.0 Å². The normalized spacial score (nSPS) is 10.4. The fourth-order valence-electron chi connectivity index (χ4n) is 2.21. The van der Waals surface area contributed by atoms with E-state index >= 15 is 0 Å². The zero-order chi connectivity index (χ0) is 16.4. The Balaban J connectivity index is 2.42. The molecule has 0 spiro atoms. The molecule has 0 aliphatic carbocycles. The van der Waals surface area contributed by atoms with E-state index in [1.807, 2.05) is 6.92 Å². The van der Waals surface area contributed by atoms with E-state index in [0.717, 1.165) is 5.56 Å². The van der Waals surface area contributed by atoms with Crippen LogP contribution in [0.1, 0.15) is 27.2 Å². The number of rotatable bonds is 3. The van der Waals surface area contributed by atoms with Crippen LogP contribution in [0.2, 0.25) is 5.02 Å². The molecule has 2 rings (SSSR count). The highest BCUT2D eigenvalue weighted by atomic mass is 35.5. The van der Waals surface area contributed by atoms with Gasteiger partial charge in [0.05, 0.1) is 18.4 Å². The van der Waals surface area contributed by atoms with Crippen molar-refractivity contribution in [2.75, 3.05) is 12.4 Å². The van der Waals surface area contributed by atoms with Crippen LogP contribution in [0.25, 0.3) is 0 Å². The molecule has 0 unspecified atom stereocenters. The molecular formula is C16H16ClNO4. The average Bonchev–Trinajstić information content (AvgIpc) is 2.41. The molecule has 0 saturated heterocycles. The van der Waals surface area contributed by atoms with E-state index in [0.29, 0.717) is 27.6 Å². The summed E-state index contributed by atoms with van der Waals surface area (Å²) in [7, 11) is 1.49. The number of nitrogens with one attached hydrogen (secondary N) is 1. The minimum absolute atomic E-state index is 0.271. The van der Waals surface area contributed by atoms with Crippen LogP contribution in [-0.2, 0) is 0 Å². The highest BCUT2D eigenvalue weighted by Crippen LogP contribution is 2.31. The summed E-state index contributed by atoms with van der Waals surface area (Å²) < 4.78 is 10.2. The third kappa shape index (κ3) is 3.14. The van der Waals surface area contributed by atoms with Crippen LogP contribution in [0.4, 0.5) is 5.69 Å². The van der Waals surface area contributed by atoms with Gasteiger partial charge in [-0.2, -0.15) is 0 Å². The fourth-order valence-corrected chi connectivity index (χ4v) is 2.37. The molecule has 1 amide bonds. The Hall–Kier alpha value is -2.27. The first-order valence-electron chi connectivity index (χ1n) is 6.60. The summed E-state index contributed by atoms with van der Waals surface area (Å²) in [6.45, 7) is 5.09. The van der Waals surface area contributed by atoms with E-state index in [1.165, 1.54) is 13.2 Å². The summed E-state index contributed by atoms with van der Waals surface area (Å²) in [5, 5.41) is 3.31. The van der Waals surface area contributed by atoms with Crippen molar-refractivity contribution < 1.29 is 13.9 Å². The van der Waals surface area contributed by atoms with Crippen molar-refractivity contribution in [1.29, 1.82) is 0 Å². The number of anilines is 1. The van der Waals surface area contributed by atoms with Crippen LogP contribution in [0.15, 0.2) is 27.4 Å². The second-order valence-electron chi connectivity index (χ2n) is 4.94. The number of hydrogen-bond acceptors (Lipinski definition) is 4. The van der Waals surface area contributed by atoms with Gasteiger partial charge in [0.1, 0.15) is 11.5 Å². The van der Waals surface area contributed by atoms with Gasteiger partial charge in [-0.3, -0.25) is 4.79 Å². The number of hydrogen-bond donors (Lipinski definition) is 1. The van der Waals surface area contributed by atoms with Crippen molar-refractivity contribution in [3.8, 4) is 5.75 Å². The minimum atomic E-state index is -0.480. The molecule has 0 fully saturated rings. The fraction of sp³-hybridized carbons (Fsp3) is 0.250. The summed E-state index contributed by atoms with van der Waals surface area (Å²) >= 11 is 6.04. The molecule has 1 aromatic heterocycles. The maximum Gasteiger partial charge on any atom is 0.336 e. The first-order valence-corrected chi connectivity index (χ1v) is 6.98. The van der Waals surface area contributed by atoms with Crippen LogP contribution in [0.5, 0.6) is 5.75 Å². The number of amides is 1. The first-order chi connectivity index (χ1) is 10.3. The van der Waals surface area contributed by atoms with Gasteiger partial charge >= 0.3 is 5.63 Å². The van der Waals surface area contributed by atoms with Crippen LogP contribution >= 0.6 is 11.6 Å². The Morgan fingerprint density at radius 2 is 1.86 bits per heavy atom. The summed E-state index contributed by atoms with van der Waals surface area (Å²) in [6.07, 6.45) is 0. The molecule has 0 aliphatic rings. The standard InChI is InChI=1S/C16H16ClNO4/c1-8-5-12(13(21-4)7-11(8)17)18-16(20)15-9(2)6-14(19)22-10(15)3/h5-7H,1-4H3,(H,18,20). The molecule has 2 aromatic rings. The van der Waals surface area contributed by atoms with E-state index in [-0.39, 0.29) is 11.7 Å². The van der Waals surface area contributed by atoms with Gasteiger partial charge < -0.3 is 14.5 Å². The van der Waals surface area contributed by atoms with Gasteiger partial charge in [0.2, 0.25) is 0 Å². The van der Waals surface area contributed by atoms with Crippen LogP contribution in [-0.4, -0.2) is 13.0 Å². The Kier molecular flexibility index (Phi) is 4.56. The summed E-state index contributed by atoms with van der Waals surface area (Å²) in [5.74, 6) is 0.350. The number of aryl methyl sites for hydroxylation is 3. The van der Waals surface area contributed by atoms with Gasteiger partial charge in [-0.25, -0.2) is 4.79 Å². The first kappa shape index (κ1) is 16.1. The highest BCUT2D eigenvalue weighted by molar-refractivity contribution is 6.31. The highest BCUT2D eigenvalue weighted by Gasteiger charge is 2.17. The lowest BCUT2D eigenvalue weighted by Crippen LogP contribution is -2.17. The van der Waals surface area contributed by atoms with E-state index in [9.17, 15) is 9.59 Å². The quantitative estimate of drug-likeness (QED) is 0.939. The van der Waals surface area contributed by atoms with Gasteiger partial charge in [-0.1, -0.05) is 11.6 Å². The Bertz CT molecular complexity index is 769. The molecule has 1 heterocycles. The number of halogens is 1. The Morgan fingerprint density at radius 3 is 2.45 bits per heavy atom. The van der Waals surface area contributed by atoms with Crippen molar-refractivity contribution in [2.24, 2.45) is 0 Å².